The Balaban J connectivity index is 1.17. The Labute approximate surface area is 344 Å². The summed E-state index contributed by atoms with van der Waals surface area (Å²) in [4.78, 5) is 4.68. The van der Waals surface area contributed by atoms with Crippen LogP contribution < -0.4 is 35.7 Å². The number of fused-ring (bicyclic) bond motifs is 8. The Morgan fingerprint density at radius 1 is 0.424 bits per heavy atom. The number of hydrogen-bond acceptors (Lipinski definition) is 5. The van der Waals surface area contributed by atoms with E-state index < -0.39 is 0 Å². The smallest absolute Gasteiger partial charge is 0.265 e. The van der Waals surface area contributed by atoms with Crippen LogP contribution >= 0.6 is 0 Å². The summed E-state index contributed by atoms with van der Waals surface area (Å²) in [6, 6.07) is 56.1. The Kier molecular flexibility index (Phi) is 7.99. The molecule has 0 radical (unpaired) electrons. The SMILES string of the molecule is Cc1ccc(N(c2ccc(C)cc2)c2cc3c(c4oc5ccccc5c24)B2c4ccc(N(c5ccccc5C)c5ccccc5C)cc4Oc4cc(C)cc(c42)O3)cc1. The summed E-state index contributed by atoms with van der Waals surface area (Å²) in [5.74, 6) is 3.18. The fourth-order valence-corrected chi connectivity index (χ4v) is 9.13. The van der Waals surface area contributed by atoms with Gasteiger partial charge >= 0.3 is 0 Å². The van der Waals surface area contributed by atoms with E-state index in [1.807, 2.05) is 6.07 Å². The average molecular weight is 765 g/mol. The third-order valence-corrected chi connectivity index (χ3v) is 12.0. The first-order chi connectivity index (χ1) is 28.8. The highest BCUT2D eigenvalue weighted by molar-refractivity contribution is 6.99. The first-order valence-corrected chi connectivity index (χ1v) is 20.3. The van der Waals surface area contributed by atoms with Crippen molar-refractivity contribution in [1.29, 1.82) is 0 Å². The first kappa shape index (κ1) is 35.0. The number of furan rings is 1. The summed E-state index contributed by atoms with van der Waals surface area (Å²) < 4.78 is 21.1. The van der Waals surface area contributed by atoms with Gasteiger partial charge in [0.2, 0.25) is 0 Å². The monoisotopic (exact) mass is 764 g/mol. The van der Waals surface area contributed by atoms with Gasteiger partial charge < -0.3 is 23.7 Å². The van der Waals surface area contributed by atoms with Crippen molar-refractivity contribution >= 4 is 79.2 Å². The summed E-state index contributed by atoms with van der Waals surface area (Å²) in [7, 11) is 0. The lowest BCUT2D eigenvalue weighted by Crippen LogP contribution is -2.57. The van der Waals surface area contributed by atoms with E-state index >= 15 is 0 Å². The quantitative estimate of drug-likeness (QED) is 0.158. The number of aryl methyl sites for hydroxylation is 5. The summed E-state index contributed by atoms with van der Waals surface area (Å²) in [5, 5.41) is 2.09. The third kappa shape index (κ3) is 5.62. The highest BCUT2D eigenvalue weighted by Gasteiger charge is 2.44. The minimum Gasteiger partial charge on any atom is -0.458 e. The van der Waals surface area contributed by atoms with Crippen LogP contribution in [0.1, 0.15) is 27.8 Å². The fraction of sp³-hybridized carbons (Fsp3) is 0.0943. The molecule has 2 aliphatic heterocycles. The van der Waals surface area contributed by atoms with Gasteiger partial charge in [-0.2, -0.15) is 0 Å². The molecule has 3 heterocycles. The van der Waals surface area contributed by atoms with Gasteiger partial charge in [-0.05, 0) is 117 Å². The van der Waals surface area contributed by atoms with Crippen LogP contribution in [0.15, 0.2) is 162 Å². The molecule has 0 saturated heterocycles. The maximum atomic E-state index is 7.05. The van der Waals surface area contributed by atoms with Crippen molar-refractivity contribution in [3.05, 3.63) is 186 Å². The molecule has 5 nitrogen and oxygen atoms in total. The zero-order chi connectivity index (χ0) is 39.9. The van der Waals surface area contributed by atoms with Crippen molar-refractivity contribution in [3.8, 4) is 23.0 Å². The van der Waals surface area contributed by atoms with Crippen molar-refractivity contribution in [1.82, 2.24) is 0 Å². The number of rotatable bonds is 6. The number of anilines is 6. The molecule has 0 unspecified atom stereocenters. The molecule has 0 bridgehead atoms. The van der Waals surface area contributed by atoms with Crippen LogP contribution in [0, 0.1) is 34.6 Å². The summed E-state index contributed by atoms with van der Waals surface area (Å²) in [6.45, 7) is 10.5. The minimum atomic E-state index is -0.211. The summed E-state index contributed by atoms with van der Waals surface area (Å²) in [5.41, 5.74) is 16.9. The first-order valence-electron chi connectivity index (χ1n) is 20.3. The molecular weight excluding hydrogens is 723 g/mol. The molecule has 0 amide bonds. The van der Waals surface area contributed by atoms with E-state index in [1.165, 1.54) is 22.3 Å². The maximum absolute atomic E-state index is 7.05. The highest BCUT2D eigenvalue weighted by Crippen LogP contribution is 2.48. The van der Waals surface area contributed by atoms with Crippen LogP contribution in [0.2, 0.25) is 0 Å². The Bertz CT molecular complexity index is 3040. The van der Waals surface area contributed by atoms with E-state index in [1.54, 1.807) is 0 Å². The number of benzene rings is 8. The van der Waals surface area contributed by atoms with Gasteiger partial charge in [0.15, 0.2) is 0 Å². The topological polar surface area (TPSA) is 38.1 Å². The maximum Gasteiger partial charge on any atom is 0.265 e. The molecule has 284 valence electrons. The number of nitrogens with zero attached hydrogens (tertiary/aromatic N) is 2. The second-order valence-electron chi connectivity index (χ2n) is 16.1. The Morgan fingerprint density at radius 3 is 1.59 bits per heavy atom. The van der Waals surface area contributed by atoms with Crippen LogP contribution in [0.3, 0.4) is 0 Å². The van der Waals surface area contributed by atoms with Gasteiger partial charge in [-0.15, -0.1) is 0 Å². The molecule has 0 spiro atoms. The number of para-hydroxylation sites is 3. The number of hydrogen-bond donors (Lipinski definition) is 0. The van der Waals surface area contributed by atoms with Crippen LogP contribution in [-0.4, -0.2) is 6.71 Å². The lowest BCUT2D eigenvalue weighted by atomic mass is 9.34. The normalized spacial score (nSPS) is 12.4. The van der Waals surface area contributed by atoms with Crippen LogP contribution in [0.4, 0.5) is 34.1 Å². The van der Waals surface area contributed by atoms with Gasteiger partial charge in [0, 0.05) is 56.9 Å². The van der Waals surface area contributed by atoms with E-state index in [9.17, 15) is 0 Å². The van der Waals surface area contributed by atoms with Gasteiger partial charge in [0.25, 0.3) is 6.71 Å². The van der Waals surface area contributed by atoms with E-state index in [0.29, 0.717) is 0 Å². The highest BCUT2D eigenvalue weighted by atomic mass is 16.5. The van der Waals surface area contributed by atoms with E-state index in [-0.39, 0.29) is 6.71 Å². The van der Waals surface area contributed by atoms with Crippen LogP contribution in [-0.2, 0) is 0 Å². The largest absolute Gasteiger partial charge is 0.458 e. The van der Waals surface area contributed by atoms with Crippen LogP contribution in [0.25, 0.3) is 21.9 Å². The van der Waals surface area contributed by atoms with Crippen molar-refractivity contribution < 1.29 is 13.9 Å². The standard InChI is InChI=1S/C53H41BN2O3/c1-32-18-22-37(23-19-32)55(38-24-20-33(2)21-25-38)44-31-49-52(53-50(44)40-14-8-11-17-45(40)59-53)54-41-27-26-39(30-46(41)57-47-28-34(3)29-48(58-49)51(47)54)56(42-15-9-6-12-35(42)4)43-16-10-7-13-36(43)5/h6-31H,1-5H3. The lowest BCUT2D eigenvalue weighted by Gasteiger charge is -2.35. The van der Waals surface area contributed by atoms with Crippen molar-refractivity contribution in [2.45, 2.75) is 34.6 Å². The second kappa shape index (κ2) is 13.5. The Hall–Kier alpha value is -7.18. The van der Waals surface area contributed by atoms with Gasteiger partial charge in [-0.25, -0.2) is 0 Å². The van der Waals surface area contributed by atoms with Gasteiger partial charge in [0.1, 0.15) is 34.2 Å². The average Bonchev–Trinajstić information content (AvgIpc) is 3.63. The van der Waals surface area contributed by atoms with E-state index in [2.05, 4.69) is 196 Å². The van der Waals surface area contributed by atoms with Crippen LogP contribution in [0.5, 0.6) is 23.0 Å². The molecule has 8 aromatic carbocycles. The van der Waals surface area contributed by atoms with Gasteiger partial charge in [0.05, 0.1) is 11.1 Å². The molecule has 0 fully saturated rings. The molecular formula is C53H41BN2O3. The van der Waals surface area contributed by atoms with Crippen molar-refractivity contribution in [2.24, 2.45) is 0 Å². The van der Waals surface area contributed by atoms with E-state index in [0.717, 1.165) is 101 Å². The molecule has 9 aromatic rings. The molecule has 59 heavy (non-hydrogen) atoms. The predicted octanol–water partition coefficient (Wildman–Crippen LogP) is 12.8. The predicted molar refractivity (Wildman–Crippen MR) is 244 cm³/mol. The second-order valence-corrected chi connectivity index (χ2v) is 16.1. The molecule has 0 atom stereocenters. The summed E-state index contributed by atoms with van der Waals surface area (Å²) >= 11 is 0. The van der Waals surface area contributed by atoms with Gasteiger partial charge in [-0.3, -0.25) is 0 Å². The molecule has 0 aliphatic carbocycles. The summed E-state index contributed by atoms with van der Waals surface area (Å²) in [6.07, 6.45) is 0. The van der Waals surface area contributed by atoms with E-state index in [4.69, 9.17) is 13.9 Å². The number of ether oxygens (including phenoxy) is 2. The molecule has 1 aromatic heterocycles. The fourth-order valence-electron chi connectivity index (χ4n) is 9.13. The van der Waals surface area contributed by atoms with Crippen molar-refractivity contribution in [2.75, 3.05) is 9.80 Å². The Morgan fingerprint density at radius 2 is 0.966 bits per heavy atom. The molecule has 0 saturated carbocycles. The molecule has 6 heteroatoms. The molecule has 2 aliphatic rings. The minimum absolute atomic E-state index is 0.211. The van der Waals surface area contributed by atoms with Gasteiger partial charge in [-0.1, -0.05) is 96.1 Å². The lowest BCUT2D eigenvalue weighted by molar-refractivity contribution is 0.464. The molecule has 11 rings (SSSR count). The zero-order valence-electron chi connectivity index (χ0n) is 33.7. The molecule has 0 N–H and O–H groups in total. The third-order valence-electron chi connectivity index (χ3n) is 12.0. The zero-order valence-corrected chi connectivity index (χ0v) is 33.7. The van der Waals surface area contributed by atoms with Crippen molar-refractivity contribution in [3.63, 3.8) is 0 Å².